The number of likely N-dealkylation sites (tertiary alicyclic amines) is 1. The zero-order valence-electron chi connectivity index (χ0n) is 16.2. The number of rotatable bonds is 4. The Bertz CT molecular complexity index is 836. The number of amides is 1. The van der Waals surface area contributed by atoms with E-state index in [-0.39, 0.29) is 12.5 Å². The molecule has 2 aromatic heterocycles. The number of carbonyl (C=O) groups is 1. The van der Waals surface area contributed by atoms with E-state index in [1.54, 1.807) is 16.2 Å². The number of pyridine rings is 1. The SMILES string of the molecule is CCc1ccc(CN2CCc3c(C(=O)N4CC[C@H](O)[C@@H](O)C4)csc3C2)nc1. The van der Waals surface area contributed by atoms with Crippen molar-refractivity contribution in [3.8, 4) is 0 Å². The number of piperidine rings is 1. The van der Waals surface area contributed by atoms with Crippen molar-refractivity contribution in [1.82, 2.24) is 14.8 Å². The Hall–Kier alpha value is -1.80. The third-order valence-corrected chi connectivity index (χ3v) is 6.78. The predicted octanol–water partition coefficient (Wildman–Crippen LogP) is 1.83. The maximum Gasteiger partial charge on any atom is 0.255 e. The molecule has 1 amide bonds. The minimum absolute atomic E-state index is 0.0197. The number of nitrogens with zero attached hydrogens (tertiary/aromatic N) is 3. The van der Waals surface area contributed by atoms with Gasteiger partial charge < -0.3 is 15.1 Å². The van der Waals surface area contributed by atoms with E-state index in [1.165, 1.54) is 10.4 Å². The minimum Gasteiger partial charge on any atom is -0.390 e. The van der Waals surface area contributed by atoms with Gasteiger partial charge in [-0.05, 0) is 36.5 Å². The molecule has 7 heteroatoms. The molecule has 1 saturated heterocycles. The summed E-state index contributed by atoms with van der Waals surface area (Å²) in [5.74, 6) is -0.0197. The van der Waals surface area contributed by atoms with E-state index in [4.69, 9.17) is 0 Å². The lowest BCUT2D eigenvalue weighted by Gasteiger charge is -2.34. The number of hydrogen-bond donors (Lipinski definition) is 2. The molecule has 2 N–H and O–H groups in total. The van der Waals surface area contributed by atoms with Crippen molar-refractivity contribution in [3.05, 3.63) is 51.0 Å². The quantitative estimate of drug-likeness (QED) is 0.817. The molecule has 2 aliphatic rings. The highest BCUT2D eigenvalue weighted by molar-refractivity contribution is 7.10. The molecule has 28 heavy (non-hydrogen) atoms. The maximum atomic E-state index is 12.9. The van der Waals surface area contributed by atoms with Crippen LogP contribution in [-0.4, -0.2) is 62.7 Å². The van der Waals surface area contributed by atoms with E-state index in [9.17, 15) is 15.0 Å². The van der Waals surface area contributed by atoms with Crippen LogP contribution >= 0.6 is 11.3 Å². The number of aliphatic hydroxyl groups is 2. The fourth-order valence-corrected chi connectivity index (χ4v) is 5.07. The highest BCUT2D eigenvalue weighted by Gasteiger charge is 2.32. The first-order valence-corrected chi connectivity index (χ1v) is 10.8. The van der Waals surface area contributed by atoms with Crippen LogP contribution in [0.5, 0.6) is 0 Å². The molecule has 2 atom stereocenters. The van der Waals surface area contributed by atoms with Crippen molar-refractivity contribution in [2.45, 2.75) is 51.5 Å². The number of hydrogen-bond acceptors (Lipinski definition) is 6. The van der Waals surface area contributed by atoms with E-state index in [0.29, 0.717) is 13.0 Å². The fourth-order valence-electron chi connectivity index (χ4n) is 3.96. The first-order chi connectivity index (χ1) is 13.5. The van der Waals surface area contributed by atoms with Gasteiger partial charge in [0.1, 0.15) is 0 Å². The van der Waals surface area contributed by atoms with E-state index < -0.39 is 12.2 Å². The van der Waals surface area contributed by atoms with Crippen LogP contribution < -0.4 is 0 Å². The molecule has 0 spiro atoms. The first-order valence-electron chi connectivity index (χ1n) is 9.96. The number of aromatic nitrogens is 1. The van der Waals surface area contributed by atoms with E-state index >= 15 is 0 Å². The number of fused-ring (bicyclic) bond motifs is 1. The average Bonchev–Trinajstić information content (AvgIpc) is 3.13. The first kappa shape index (κ1) is 19.5. The van der Waals surface area contributed by atoms with Crippen LogP contribution in [0.3, 0.4) is 0 Å². The summed E-state index contributed by atoms with van der Waals surface area (Å²) in [6, 6.07) is 4.25. The van der Waals surface area contributed by atoms with Crippen LogP contribution in [0.1, 0.15) is 45.4 Å². The van der Waals surface area contributed by atoms with Gasteiger partial charge in [-0.1, -0.05) is 13.0 Å². The molecule has 2 aromatic rings. The Labute approximate surface area is 169 Å². The number of thiophene rings is 1. The second-order valence-corrected chi connectivity index (χ2v) is 8.66. The van der Waals surface area contributed by atoms with Gasteiger partial charge in [0.15, 0.2) is 0 Å². The van der Waals surface area contributed by atoms with Crippen molar-refractivity contribution in [2.24, 2.45) is 0 Å². The number of aryl methyl sites for hydroxylation is 1. The van der Waals surface area contributed by atoms with Crippen LogP contribution in [0.25, 0.3) is 0 Å². The monoisotopic (exact) mass is 401 g/mol. The summed E-state index contributed by atoms with van der Waals surface area (Å²) in [6.45, 7) is 5.39. The second-order valence-electron chi connectivity index (χ2n) is 7.70. The van der Waals surface area contributed by atoms with Gasteiger partial charge in [0, 0.05) is 49.2 Å². The molecule has 4 rings (SSSR count). The third kappa shape index (κ3) is 3.98. The van der Waals surface area contributed by atoms with E-state index in [1.807, 2.05) is 11.6 Å². The molecule has 0 unspecified atom stereocenters. The van der Waals surface area contributed by atoms with Gasteiger partial charge in [-0.25, -0.2) is 0 Å². The van der Waals surface area contributed by atoms with Crippen molar-refractivity contribution in [1.29, 1.82) is 0 Å². The smallest absolute Gasteiger partial charge is 0.255 e. The Morgan fingerprint density at radius 1 is 1.29 bits per heavy atom. The third-order valence-electron chi connectivity index (χ3n) is 5.77. The molecule has 0 radical (unpaired) electrons. The lowest BCUT2D eigenvalue weighted by molar-refractivity contribution is -0.0321. The summed E-state index contributed by atoms with van der Waals surface area (Å²) in [7, 11) is 0. The van der Waals surface area contributed by atoms with Gasteiger partial charge in [0.2, 0.25) is 0 Å². The lowest BCUT2D eigenvalue weighted by atomic mass is 10.00. The molecule has 1 fully saturated rings. The van der Waals surface area contributed by atoms with Crippen molar-refractivity contribution in [3.63, 3.8) is 0 Å². The van der Waals surface area contributed by atoms with Crippen LogP contribution in [-0.2, 0) is 25.9 Å². The highest BCUT2D eigenvalue weighted by Crippen LogP contribution is 2.30. The molecule has 2 aliphatic heterocycles. The normalized spacial score (nSPS) is 22.9. The number of aliphatic hydroxyl groups excluding tert-OH is 2. The van der Waals surface area contributed by atoms with Gasteiger partial charge in [-0.15, -0.1) is 11.3 Å². The molecule has 0 aromatic carbocycles. The van der Waals surface area contributed by atoms with Crippen LogP contribution in [0, 0.1) is 0 Å². The Kier molecular flexibility index (Phi) is 5.78. The van der Waals surface area contributed by atoms with Gasteiger partial charge in [-0.3, -0.25) is 14.7 Å². The minimum atomic E-state index is -0.853. The number of carbonyl (C=O) groups excluding carboxylic acids is 1. The van der Waals surface area contributed by atoms with Gasteiger partial charge >= 0.3 is 0 Å². The second kappa shape index (κ2) is 8.29. The van der Waals surface area contributed by atoms with E-state index in [0.717, 1.165) is 49.3 Å². The molecule has 6 nitrogen and oxygen atoms in total. The molecular weight excluding hydrogens is 374 g/mol. The Balaban J connectivity index is 1.42. The van der Waals surface area contributed by atoms with Gasteiger partial charge in [0.25, 0.3) is 5.91 Å². The molecule has 0 aliphatic carbocycles. The Morgan fingerprint density at radius 3 is 2.86 bits per heavy atom. The topological polar surface area (TPSA) is 76.9 Å². The van der Waals surface area contributed by atoms with Crippen LogP contribution in [0.4, 0.5) is 0 Å². The highest BCUT2D eigenvalue weighted by atomic mass is 32.1. The average molecular weight is 402 g/mol. The van der Waals surface area contributed by atoms with Crippen molar-refractivity contribution >= 4 is 17.2 Å². The summed E-state index contributed by atoms with van der Waals surface area (Å²) in [4.78, 5) is 22.8. The largest absolute Gasteiger partial charge is 0.390 e. The summed E-state index contributed by atoms with van der Waals surface area (Å²) in [5.41, 5.74) is 4.26. The van der Waals surface area contributed by atoms with Crippen molar-refractivity contribution in [2.75, 3.05) is 19.6 Å². The summed E-state index contributed by atoms with van der Waals surface area (Å²) in [5, 5.41) is 21.5. The lowest BCUT2D eigenvalue weighted by Crippen LogP contribution is -2.49. The van der Waals surface area contributed by atoms with Crippen LogP contribution in [0.2, 0.25) is 0 Å². The number of β-amino-alcohol motifs (C(OH)–C–C–N with tert-alkyl or cyclic N) is 1. The molecular formula is C21H27N3O3S. The Morgan fingerprint density at radius 2 is 2.14 bits per heavy atom. The molecule has 0 saturated carbocycles. The van der Waals surface area contributed by atoms with E-state index in [2.05, 4.69) is 28.9 Å². The molecule has 150 valence electrons. The zero-order valence-corrected chi connectivity index (χ0v) is 17.0. The summed E-state index contributed by atoms with van der Waals surface area (Å²) < 4.78 is 0. The van der Waals surface area contributed by atoms with Crippen molar-refractivity contribution < 1.29 is 15.0 Å². The standard InChI is InChI=1S/C21H27N3O3S/c1-2-14-3-4-15(22-9-14)10-23-7-5-16-17(13-28-20(16)12-23)21(27)24-8-6-18(25)19(26)11-24/h3-4,9,13,18-19,25-26H,2,5-8,10-12H2,1H3/t18-,19-/m0/s1. The molecule has 4 heterocycles. The van der Waals surface area contributed by atoms with Gasteiger partial charge in [0.05, 0.1) is 23.5 Å². The fraction of sp³-hybridized carbons (Fsp3) is 0.524. The predicted molar refractivity (Wildman–Crippen MR) is 108 cm³/mol. The summed E-state index contributed by atoms with van der Waals surface area (Å²) >= 11 is 1.64. The van der Waals surface area contributed by atoms with Gasteiger partial charge in [-0.2, -0.15) is 0 Å². The summed E-state index contributed by atoms with van der Waals surface area (Å²) in [6.07, 6.45) is 2.65. The van der Waals surface area contributed by atoms with Crippen LogP contribution in [0.15, 0.2) is 23.7 Å². The maximum absolute atomic E-state index is 12.9. The zero-order chi connectivity index (χ0) is 19.7. The molecule has 0 bridgehead atoms.